The maximum Gasteiger partial charge on any atom is 0.319 e. The first kappa shape index (κ1) is 11.0. The minimum Gasteiger partial charge on any atom is -0.480 e. The fourth-order valence-electron chi connectivity index (χ4n) is 0.841. The van der Waals surface area contributed by atoms with Crippen molar-refractivity contribution in [2.45, 2.75) is 23.5 Å². The molecule has 0 atom stereocenters. The van der Waals surface area contributed by atoms with Crippen molar-refractivity contribution in [3.63, 3.8) is 0 Å². The summed E-state index contributed by atoms with van der Waals surface area (Å²) in [7, 11) is 0. The molecule has 0 aromatic heterocycles. The average molecular weight is 214 g/mol. The summed E-state index contributed by atoms with van der Waals surface area (Å²) >= 11 is 1.20. The van der Waals surface area contributed by atoms with Gasteiger partial charge in [0.2, 0.25) is 0 Å². The molecule has 0 aliphatic rings. The number of aliphatic carboxylic acids is 1. The van der Waals surface area contributed by atoms with Crippen molar-refractivity contribution in [2.24, 2.45) is 0 Å². The maximum atomic E-state index is 12.6. The van der Waals surface area contributed by atoms with E-state index in [9.17, 15) is 9.18 Å². The summed E-state index contributed by atoms with van der Waals surface area (Å²) in [4.78, 5) is 11.5. The molecule has 0 fully saturated rings. The summed E-state index contributed by atoms with van der Waals surface area (Å²) in [5.74, 6) is -1.20. The first-order chi connectivity index (χ1) is 6.42. The van der Waals surface area contributed by atoms with Crippen molar-refractivity contribution < 1.29 is 14.3 Å². The highest BCUT2D eigenvalue weighted by molar-refractivity contribution is 8.01. The molecule has 0 unspecified atom stereocenters. The van der Waals surface area contributed by atoms with Gasteiger partial charge in [-0.25, -0.2) is 4.39 Å². The number of hydrogen-bond donors (Lipinski definition) is 1. The van der Waals surface area contributed by atoms with Gasteiger partial charge in [-0.3, -0.25) is 4.79 Å². The Morgan fingerprint density at radius 1 is 1.36 bits per heavy atom. The molecule has 14 heavy (non-hydrogen) atoms. The zero-order valence-electron chi connectivity index (χ0n) is 7.95. The Kier molecular flexibility index (Phi) is 3.16. The fraction of sp³-hybridized carbons (Fsp3) is 0.300. The van der Waals surface area contributed by atoms with E-state index in [4.69, 9.17) is 5.11 Å². The molecule has 4 heteroatoms. The van der Waals surface area contributed by atoms with Crippen molar-refractivity contribution in [2.75, 3.05) is 0 Å². The second-order valence-corrected chi connectivity index (χ2v) is 5.07. The number of thioether (sulfide) groups is 1. The Hall–Kier alpha value is -1.03. The normalized spacial score (nSPS) is 11.4. The van der Waals surface area contributed by atoms with E-state index in [-0.39, 0.29) is 5.82 Å². The third-order valence-corrected chi connectivity index (χ3v) is 2.89. The second-order valence-electron chi connectivity index (χ2n) is 3.37. The third kappa shape index (κ3) is 2.73. The van der Waals surface area contributed by atoms with Crippen LogP contribution >= 0.6 is 11.8 Å². The highest BCUT2D eigenvalue weighted by atomic mass is 32.2. The van der Waals surface area contributed by atoms with Gasteiger partial charge in [-0.1, -0.05) is 0 Å². The molecular formula is C10H11FO2S. The van der Waals surface area contributed by atoms with E-state index in [0.717, 1.165) is 4.90 Å². The van der Waals surface area contributed by atoms with Crippen LogP contribution in [0.3, 0.4) is 0 Å². The molecule has 0 bridgehead atoms. The molecule has 0 aliphatic heterocycles. The minimum atomic E-state index is -0.891. The summed E-state index contributed by atoms with van der Waals surface area (Å²) < 4.78 is 11.7. The van der Waals surface area contributed by atoms with Crippen molar-refractivity contribution in [1.29, 1.82) is 0 Å². The van der Waals surface area contributed by atoms with Gasteiger partial charge in [0.25, 0.3) is 0 Å². The lowest BCUT2D eigenvalue weighted by atomic mass is 10.2. The second kappa shape index (κ2) is 4.00. The Morgan fingerprint density at radius 2 is 1.86 bits per heavy atom. The quantitative estimate of drug-likeness (QED) is 0.786. The van der Waals surface area contributed by atoms with Gasteiger partial charge in [0.05, 0.1) is 0 Å². The predicted molar refractivity (Wildman–Crippen MR) is 54.0 cm³/mol. The van der Waals surface area contributed by atoms with Gasteiger partial charge in [0, 0.05) is 4.90 Å². The molecule has 1 N–H and O–H groups in total. The third-order valence-electron chi connectivity index (χ3n) is 1.70. The van der Waals surface area contributed by atoms with Crippen LogP contribution in [-0.2, 0) is 4.79 Å². The van der Waals surface area contributed by atoms with Gasteiger partial charge < -0.3 is 5.11 Å². The van der Waals surface area contributed by atoms with Gasteiger partial charge in [-0.05, 0) is 38.1 Å². The largest absolute Gasteiger partial charge is 0.480 e. The van der Waals surface area contributed by atoms with Crippen LogP contribution in [0.5, 0.6) is 0 Å². The predicted octanol–water partition coefficient (Wildman–Crippen LogP) is 2.78. The van der Waals surface area contributed by atoms with E-state index in [1.54, 1.807) is 26.0 Å². The first-order valence-electron chi connectivity index (χ1n) is 4.10. The lowest BCUT2D eigenvalue weighted by Gasteiger charge is -2.17. The molecule has 0 saturated carbocycles. The Labute approximate surface area is 86.1 Å². The van der Waals surface area contributed by atoms with Gasteiger partial charge >= 0.3 is 5.97 Å². The highest BCUT2D eigenvalue weighted by Crippen LogP contribution is 2.32. The van der Waals surface area contributed by atoms with Crippen molar-refractivity contribution in [3.8, 4) is 0 Å². The van der Waals surface area contributed by atoms with E-state index in [1.807, 2.05) is 0 Å². The average Bonchev–Trinajstić information content (AvgIpc) is 2.08. The Bertz CT molecular complexity index is 332. The Morgan fingerprint density at radius 3 is 2.29 bits per heavy atom. The molecule has 0 spiro atoms. The zero-order chi connectivity index (χ0) is 10.8. The van der Waals surface area contributed by atoms with Crippen LogP contribution in [0.15, 0.2) is 29.2 Å². The number of hydrogen-bond acceptors (Lipinski definition) is 2. The van der Waals surface area contributed by atoms with E-state index in [0.29, 0.717) is 0 Å². The first-order valence-corrected chi connectivity index (χ1v) is 4.91. The van der Waals surface area contributed by atoms with Crippen LogP contribution in [0, 0.1) is 5.82 Å². The van der Waals surface area contributed by atoms with Crippen LogP contribution in [-0.4, -0.2) is 15.8 Å². The van der Waals surface area contributed by atoms with Crippen LogP contribution in [0.25, 0.3) is 0 Å². The minimum absolute atomic E-state index is 0.317. The lowest BCUT2D eigenvalue weighted by molar-refractivity contribution is -0.138. The molecule has 0 amide bonds. The van der Waals surface area contributed by atoms with Crippen molar-refractivity contribution >= 4 is 17.7 Å². The Balaban J connectivity index is 2.79. The van der Waals surface area contributed by atoms with E-state index in [2.05, 4.69) is 0 Å². The molecule has 1 aromatic carbocycles. The van der Waals surface area contributed by atoms with Gasteiger partial charge in [-0.15, -0.1) is 11.8 Å². The molecular weight excluding hydrogens is 203 g/mol. The number of halogens is 1. The van der Waals surface area contributed by atoms with Crippen LogP contribution in [0.2, 0.25) is 0 Å². The van der Waals surface area contributed by atoms with Crippen LogP contribution in [0.4, 0.5) is 4.39 Å². The van der Waals surface area contributed by atoms with Gasteiger partial charge in [0.15, 0.2) is 0 Å². The smallest absolute Gasteiger partial charge is 0.319 e. The number of carbonyl (C=O) groups is 1. The van der Waals surface area contributed by atoms with Crippen molar-refractivity contribution in [3.05, 3.63) is 30.1 Å². The summed E-state index contributed by atoms with van der Waals surface area (Å²) in [5.41, 5.74) is 0. The molecule has 0 saturated heterocycles. The monoisotopic (exact) mass is 214 g/mol. The molecule has 0 aliphatic carbocycles. The molecule has 0 heterocycles. The van der Waals surface area contributed by atoms with E-state index < -0.39 is 10.7 Å². The zero-order valence-corrected chi connectivity index (χ0v) is 8.77. The SMILES string of the molecule is CC(C)(Sc1ccc(F)cc1)C(=O)O. The molecule has 1 aromatic rings. The maximum absolute atomic E-state index is 12.6. The fourth-order valence-corrected chi connectivity index (χ4v) is 1.79. The van der Waals surface area contributed by atoms with E-state index >= 15 is 0 Å². The highest BCUT2D eigenvalue weighted by Gasteiger charge is 2.28. The summed E-state index contributed by atoms with van der Waals surface area (Å²) in [6.45, 7) is 3.23. The molecule has 2 nitrogen and oxygen atoms in total. The number of carboxylic acids is 1. The standard InChI is InChI=1S/C10H11FO2S/c1-10(2,9(12)13)14-8-5-3-7(11)4-6-8/h3-6H,1-2H3,(H,12,13). The van der Waals surface area contributed by atoms with Gasteiger partial charge in [-0.2, -0.15) is 0 Å². The summed E-state index contributed by atoms with van der Waals surface area (Å²) in [5, 5.41) is 8.86. The van der Waals surface area contributed by atoms with Gasteiger partial charge in [0.1, 0.15) is 10.6 Å². The lowest BCUT2D eigenvalue weighted by Crippen LogP contribution is -2.26. The molecule has 1 rings (SSSR count). The molecule has 0 radical (unpaired) electrons. The van der Waals surface area contributed by atoms with Crippen molar-refractivity contribution in [1.82, 2.24) is 0 Å². The van der Waals surface area contributed by atoms with Crippen LogP contribution < -0.4 is 0 Å². The summed E-state index contributed by atoms with van der Waals surface area (Å²) in [6.07, 6.45) is 0. The number of carboxylic acid groups (broad SMARTS) is 1. The number of benzene rings is 1. The number of rotatable bonds is 3. The topological polar surface area (TPSA) is 37.3 Å². The molecule has 76 valence electrons. The van der Waals surface area contributed by atoms with E-state index in [1.165, 1.54) is 23.9 Å². The van der Waals surface area contributed by atoms with Crippen LogP contribution in [0.1, 0.15) is 13.8 Å². The summed E-state index contributed by atoms with van der Waals surface area (Å²) in [6, 6.07) is 5.79.